The molecule has 0 aromatic heterocycles. The van der Waals surface area contributed by atoms with Gasteiger partial charge in [0.05, 0.1) is 13.2 Å². The first-order valence-electron chi connectivity index (χ1n) is 3.44. The Balaban J connectivity index is 2.21. The summed E-state index contributed by atoms with van der Waals surface area (Å²) in [5, 5.41) is 0. The minimum atomic E-state index is -4.37. The van der Waals surface area contributed by atoms with Gasteiger partial charge in [-0.05, 0) is 6.92 Å². The van der Waals surface area contributed by atoms with Gasteiger partial charge < -0.3 is 19.3 Å². The average Bonchev–Trinajstić information content (AvgIpc) is 2.30. The van der Waals surface area contributed by atoms with Crippen molar-refractivity contribution in [3.05, 3.63) is 0 Å². The molecule has 6 nitrogen and oxygen atoms in total. The van der Waals surface area contributed by atoms with Gasteiger partial charge in [-0.2, -0.15) is 0 Å². The van der Waals surface area contributed by atoms with Gasteiger partial charge in [-0.1, -0.05) is 0 Å². The van der Waals surface area contributed by atoms with Crippen LogP contribution in [0.2, 0.25) is 0 Å². The third kappa shape index (κ3) is 3.62. The monoisotopic (exact) mass is 198 g/mol. The third-order valence-electron chi connectivity index (χ3n) is 1.33. The Morgan fingerprint density at radius 1 is 1.67 bits per heavy atom. The van der Waals surface area contributed by atoms with Gasteiger partial charge in [0.25, 0.3) is 0 Å². The maximum absolute atomic E-state index is 10.2. The Hall–Kier alpha value is 0.0300. The molecule has 1 fully saturated rings. The largest absolute Gasteiger partial charge is 0.469 e. The predicted molar refractivity (Wildman–Crippen MR) is 38.3 cm³/mol. The van der Waals surface area contributed by atoms with E-state index < -0.39 is 7.82 Å². The van der Waals surface area contributed by atoms with E-state index in [9.17, 15) is 4.57 Å². The summed E-state index contributed by atoms with van der Waals surface area (Å²) >= 11 is 0. The standard InChI is InChI=1S/C5H11O6P/c1-4-9-2-5(11-4)3-10-12(6,7)8/h4-5H,2-3H2,1H3,(H2,6,7,8)/t4-,5-/m1/s1. The summed E-state index contributed by atoms with van der Waals surface area (Å²) in [5.74, 6) is 0. The topological polar surface area (TPSA) is 85.2 Å². The molecule has 1 saturated heterocycles. The van der Waals surface area contributed by atoms with Gasteiger partial charge in [0.2, 0.25) is 0 Å². The lowest BCUT2D eigenvalue weighted by Gasteiger charge is -2.09. The fraction of sp³-hybridized carbons (Fsp3) is 1.00. The third-order valence-corrected chi connectivity index (χ3v) is 1.81. The van der Waals surface area contributed by atoms with Crippen molar-refractivity contribution in [1.82, 2.24) is 0 Å². The maximum Gasteiger partial charge on any atom is 0.469 e. The molecule has 0 unspecified atom stereocenters. The van der Waals surface area contributed by atoms with Crippen LogP contribution in [0.4, 0.5) is 0 Å². The second-order valence-electron chi connectivity index (χ2n) is 2.45. The minimum absolute atomic E-state index is 0.144. The molecule has 0 aromatic carbocycles. The number of hydrogen-bond acceptors (Lipinski definition) is 4. The fourth-order valence-corrected chi connectivity index (χ4v) is 1.22. The van der Waals surface area contributed by atoms with E-state index in [2.05, 4.69) is 4.52 Å². The molecule has 12 heavy (non-hydrogen) atoms. The summed E-state index contributed by atoms with van der Waals surface area (Å²) in [4.78, 5) is 16.7. The van der Waals surface area contributed by atoms with Gasteiger partial charge in [0.15, 0.2) is 6.29 Å². The first kappa shape index (κ1) is 10.1. The van der Waals surface area contributed by atoms with Crippen LogP contribution >= 0.6 is 7.82 Å². The lowest BCUT2D eigenvalue weighted by Crippen LogP contribution is -2.17. The lowest BCUT2D eigenvalue weighted by atomic mass is 10.4. The Bertz CT molecular complexity index is 188. The van der Waals surface area contributed by atoms with E-state index in [1.807, 2.05) is 0 Å². The highest BCUT2D eigenvalue weighted by molar-refractivity contribution is 7.46. The smallest absolute Gasteiger partial charge is 0.350 e. The van der Waals surface area contributed by atoms with Gasteiger partial charge in [-0.3, -0.25) is 4.52 Å². The first-order valence-corrected chi connectivity index (χ1v) is 4.97. The van der Waals surface area contributed by atoms with E-state index >= 15 is 0 Å². The normalized spacial score (nSPS) is 30.9. The van der Waals surface area contributed by atoms with E-state index in [1.165, 1.54) is 0 Å². The zero-order valence-electron chi connectivity index (χ0n) is 6.54. The number of phosphoric acid groups is 1. The van der Waals surface area contributed by atoms with Crippen molar-refractivity contribution in [1.29, 1.82) is 0 Å². The van der Waals surface area contributed by atoms with Crippen LogP contribution in [0.15, 0.2) is 0 Å². The first-order chi connectivity index (χ1) is 5.47. The predicted octanol–water partition coefficient (Wildman–Crippen LogP) is -0.143. The molecule has 2 atom stereocenters. The fourth-order valence-electron chi connectivity index (χ4n) is 0.860. The molecule has 0 radical (unpaired) electrons. The maximum atomic E-state index is 10.2. The van der Waals surface area contributed by atoms with Crippen LogP contribution in [0.3, 0.4) is 0 Å². The highest BCUT2D eigenvalue weighted by Gasteiger charge is 2.25. The van der Waals surface area contributed by atoms with Gasteiger partial charge >= 0.3 is 7.82 Å². The van der Waals surface area contributed by atoms with E-state index in [0.29, 0.717) is 6.61 Å². The van der Waals surface area contributed by atoms with E-state index in [-0.39, 0.29) is 19.0 Å². The number of rotatable bonds is 3. The molecular weight excluding hydrogens is 187 g/mol. The second-order valence-corrected chi connectivity index (χ2v) is 3.68. The molecule has 2 N–H and O–H groups in total. The molecule has 0 bridgehead atoms. The van der Waals surface area contributed by atoms with Crippen molar-refractivity contribution < 1.29 is 28.3 Å². The number of hydrogen-bond donors (Lipinski definition) is 2. The van der Waals surface area contributed by atoms with E-state index in [0.717, 1.165) is 0 Å². The van der Waals surface area contributed by atoms with Crippen molar-refractivity contribution in [2.24, 2.45) is 0 Å². The Morgan fingerprint density at radius 2 is 2.33 bits per heavy atom. The molecule has 0 aliphatic carbocycles. The van der Waals surface area contributed by atoms with Crippen molar-refractivity contribution in [2.75, 3.05) is 13.2 Å². The van der Waals surface area contributed by atoms with Crippen molar-refractivity contribution in [3.8, 4) is 0 Å². The van der Waals surface area contributed by atoms with E-state index in [4.69, 9.17) is 19.3 Å². The Kier molecular flexibility index (Phi) is 3.22. The molecular formula is C5H11O6P. The van der Waals surface area contributed by atoms with Crippen molar-refractivity contribution in [3.63, 3.8) is 0 Å². The van der Waals surface area contributed by atoms with Crippen molar-refractivity contribution in [2.45, 2.75) is 19.3 Å². The van der Waals surface area contributed by atoms with Crippen LogP contribution in [0.25, 0.3) is 0 Å². The molecule has 1 aliphatic heterocycles. The summed E-state index contributed by atoms with van der Waals surface area (Å²) < 4.78 is 24.5. The summed E-state index contributed by atoms with van der Waals surface area (Å²) in [6.45, 7) is 1.87. The summed E-state index contributed by atoms with van der Waals surface area (Å²) in [5.41, 5.74) is 0. The molecule has 1 rings (SSSR count). The van der Waals surface area contributed by atoms with Crippen LogP contribution in [0.1, 0.15) is 6.92 Å². The lowest BCUT2D eigenvalue weighted by molar-refractivity contribution is -0.0503. The molecule has 1 heterocycles. The summed E-state index contributed by atoms with van der Waals surface area (Å²) in [6, 6.07) is 0. The van der Waals surface area contributed by atoms with Gasteiger partial charge in [0.1, 0.15) is 6.10 Å². The minimum Gasteiger partial charge on any atom is -0.350 e. The van der Waals surface area contributed by atoms with Crippen LogP contribution < -0.4 is 0 Å². The zero-order valence-corrected chi connectivity index (χ0v) is 7.44. The van der Waals surface area contributed by atoms with Crippen molar-refractivity contribution >= 4 is 7.82 Å². The Morgan fingerprint density at radius 3 is 2.75 bits per heavy atom. The van der Waals surface area contributed by atoms with Gasteiger partial charge in [0, 0.05) is 0 Å². The summed E-state index contributed by atoms with van der Waals surface area (Å²) in [7, 11) is -4.37. The molecule has 0 spiro atoms. The van der Waals surface area contributed by atoms with Gasteiger partial charge in [-0.25, -0.2) is 4.57 Å². The van der Waals surface area contributed by atoms with Crippen LogP contribution in [-0.2, 0) is 18.6 Å². The van der Waals surface area contributed by atoms with E-state index in [1.54, 1.807) is 6.92 Å². The highest BCUT2D eigenvalue weighted by atomic mass is 31.2. The SMILES string of the molecule is C[C@@H]1OC[C@H](COP(=O)(O)O)O1. The summed E-state index contributed by atoms with van der Waals surface area (Å²) in [6.07, 6.45) is -0.706. The molecule has 7 heteroatoms. The van der Waals surface area contributed by atoms with Crippen LogP contribution in [-0.4, -0.2) is 35.4 Å². The zero-order chi connectivity index (χ0) is 9.19. The Labute approximate surface area is 69.7 Å². The van der Waals surface area contributed by atoms with Crippen LogP contribution in [0, 0.1) is 0 Å². The number of phosphoric ester groups is 1. The molecule has 72 valence electrons. The highest BCUT2D eigenvalue weighted by Crippen LogP contribution is 2.36. The van der Waals surface area contributed by atoms with Gasteiger partial charge in [-0.15, -0.1) is 0 Å². The average molecular weight is 198 g/mol. The quantitative estimate of drug-likeness (QED) is 0.614. The second kappa shape index (κ2) is 3.83. The molecule has 0 saturated carbocycles. The molecule has 0 aromatic rings. The molecule has 1 aliphatic rings. The number of ether oxygens (including phenoxy) is 2. The van der Waals surface area contributed by atoms with Crippen LogP contribution in [0.5, 0.6) is 0 Å². The molecule has 0 amide bonds.